The van der Waals surface area contributed by atoms with E-state index >= 15 is 0 Å². The van der Waals surface area contributed by atoms with Crippen LogP contribution in [0.5, 0.6) is 0 Å². The molecule has 2 aliphatic rings. The topological polar surface area (TPSA) is 150 Å². The average Bonchev–Trinajstić information content (AvgIpc) is 3.39. The Balaban J connectivity index is 0.00000150. The first-order chi connectivity index (χ1) is 13.1. The van der Waals surface area contributed by atoms with Crippen LogP contribution in [-0.4, -0.2) is 55.2 Å². The number of fused-ring (bicyclic) bond motifs is 1. The maximum atomic E-state index is 12.7. The molecule has 1 atom stereocenters. The minimum absolute atomic E-state index is 0. The maximum absolute atomic E-state index is 12.7. The Morgan fingerprint density at radius 3 is 2.69 bits per heavy atom. The van der Waals surface area contributed by atoms with Crippen molar-refractivity contribution in [1.82, 2.24) is 18.8 Å². The Kier molecular flexibility index (Phi) is 7.37. The molecule has 2 fully saturated rings. The summed E-state index contributed by atoms with van der Waals surface area (Å²) in [5, 5.41) is 13.4. The molecule has 0 radical (unpaired) electrons. The zero-order valence-corrected chi connectivity index (χ0v) is 17.1. The lowest BCUT2D eigenvalue weighted by Gasteiger charge is -2.30. The summed E-state index contributed by atoms with van der Waals surface area (Å²) in [6.07, 6.45) is 6.78. The molecule has 158 valence electrons. The summed E-state index contributed by atoms with van der Waals surface area (Å²) < 4.78 is 3.96. The molecule has 10 heteroatoms. The van der Waals surface area contributed by atoms with Gasteiger partial charge in [0, 0.05) is 44.6 Å². The third kappa shape index (κ3) is 4.76. The molecule has 0 bridgehead atoms. The fraction of sp³-hybridized carbons (Fsp3) is 0.474. The van der Waals surface area contributed by atoms with Gasteiger partial charge in [0.2, 0.25) is 5.95 Å². The Labute approximate surface area is 174 Å². The van der Waals surface area contributed by atoms with Crippen LogP contribution in [0.2, 0.25) is 0 Å². The average molecular weight is 421 g/mol. The van der Waals surface area contributed by atoms with Gasteiger partial charge in [-0.05, 0) is 31.6 Å². The Morgan fingerprint density at radius 2 is 2.10 bits per heavy atom. The number of nitriles is 1. The van der Waals surface area contributed by atoms with Crippen LogP contribution in [0.25, 0.3) is 11.0 Å². The number of aromatic nitrogens is 3. The molecule has 9 nitrogen and oxygen atoms in total. The van der Waals surface area contributed by atoms with Crippen molar-refractivity contribution in [1.29, 1.82) is 5.26 Å². The third-order valence-electron chi connectivity index (χ3n) is 5.32. The Hall–Kier alpha value is -2.45. The van der Waals surface area contributed by atoms with Crippen LogP contribution in [-0.2, 0) is 6.54 Å². The number of pyridine rings is 1. The zero-order valence-electron chi connectivity index (χ0n) is 16.3. The fourth-order valence-electron chi connectivity index (χ4n) is 3.51. The standard InChI is InChI=1S/C19H22N6OS.2H2O.H2/c1-12-7-15(12)11-25-17-14(8-13(9-20)18(25)26)10-21-19(23-17)22-16-3-5-24(27-2)6-4-16;;;/h8,10,15-16H,1,3-7,11H2,2H3,(H,21,22,23);2*1H2;1H. The lowest BCUT2D eigenvalue weighted by Crippen LogP contribution is -2.35. The van der Waals surface area contributed by atoms with Crippen molar-refractivity contribution in [3.8, 4) is 6.07 Å². The third-order valence-corrected chi connectivity index (χ3v) is 6.20. The van der Waals surface area contributed by atoms with Gasteiger partial charge in [-0.15, -0.1) is 0 Å². The molecule has 2 aromatic rings. The van der Waals surface area contributed by atoms with E-state index in [9.17, 15) is 10.1 Å². The number of hydrogen-bond donors (Lipinski definition) is 1. The normalized spacial score (nSPS) is 19.2. The van der Waals surface area contributed by atoms with Crippen molar-refractivity contribution in [3.05, 3.63) is 40.3 Å². The van der Waals surface area contributed by atoms with Crippen LogP contribution in [0.4, 0.5) is 5.95 Å². The second kappa shape index (κ2) is 9.37. The molecule has 1 saturated heterocycles. The summed E-state index contributed by atoms with van der Waals surface area (Å²) in [6, 6.07) is 3.90. The van der Waals surface area contributed by atoms with Crippen LogP contribution in [0.15, 0.2) is 29.2 Å². The van der Waals surface area contributed by atoms with E-state index in [2.05, 4.69) is 32.4 Å². The van der Waals surface area contributed by atoms with Gasteiger partial charge in [-0.1, -0.05) is 24.1 Å². The SMILES string of the molecule is C=C1CC1Cn1c(=O)c(C#N)cc2cnc(NC3CCN(SC)CC3)nc21.O.O.[HH]. The van der Waals surface area contributed by atoms with E-state index in [-0.39, 0.29) is 23.5 Å². The molecule has 5 N–H and O–H groups in total. The molecular weight excluding hydrogens is 392 g/mol. The summed E-state index contributed by atoms with van der Waals surface area (Å²) >= 11 is 1.78. The zero-order chi connectivity index (χ0) is 19.0. The van der Waals surface area contributed by atoms with Crippen molar-refractivity contribution in [2.75, 3.05) is 24.7 Å². The fourth-order valence-corrected chi connectivity index (χ4v) is 4.09. The van der Waals surface area contributed by atoms with Gasteiger partial charge >= 0.3 is 0 Å². The highest BCUT2D eigenvalue weighted by molar-refractivity contribution is 7.96. The van der Waals surface area contributed by atoms with Gasteiger partial charge in [0.15, 0.2) is 0 Å². The molecule has 29 heavy (non-hydrogen) atoms. The molecule has 0 amide bonds. The summed E-state index contributed by atoms with van der Waals surface area (Å²) in [7, 11) is 0. The molecule has 0 aromatic carbocycles. The lowest BCUT2D eigenvalue weighted by atomic mass is 10.1. The van der Waals surface area contributed by atoms with Gasteiger partial charge < -0.3 is 16.3 Å². The quantitative estimate of drug-likeness (QED) is 0.559. The first-order valence-corrected chi connectivity index (χ1v) is 10.3. The van der Waals surface area contributed by atoms with Gasteiger partial charge in [-0.2, -0.15) is 10.2 Å². The monoisotopic (exact) mass is 420 g/mol. The number of rotatable bonds is 5. The van der Waals surface area contributed by atoms with Crippen molar-refractivity contribution < 1.29 is 12.4 Å². The minimum atomic E-state index is -0.289. The van der Waals surface area contributed by atoms with E-state index in [4.69, 9.17) is 0 Å². The second-order valence-electron chi connectivity index (χ2n) is 7.15. The van der Waals surface area contributed by atoms with Gasteiger partial charge in [-0.3, -0.25) is 13.7 Å². The van der Waals surface area contributed by atoms with E-state index in [1.165, 1.54) is 0 Å². The lowest BCUT2D eigenvalue weighted by molar-refractivity contribution is 0.358. The smallest absolute Gasteiger partial charge is 0.270 e. The molecule has 1 aliphatic heterocycles. The highest BCUT2D eigenvalue weighted by Crippen LogP contribution is 2.37. The van der Waals surface area contributed by atoms with E-state index in [0.717, 1.165) is 37.9 Å². The van der Waals surface area contributed by atoms with Gasteiger partial charge in [0.05, 0.1) is 0 Å². The number of nitrogens with one attached hydrogen (secondary N) is 1. The van der Waals surface area contributed by atoms with Crippen molar-refractivity contribution in [2.45, 2.75) is 31.8 Å². The van der Waals surface area contributed by atoms with Crippen LogP contribution >= 0.6 is 11.9 Å². The van der Waals surface area contributed by atoms with Gasteiger partial charge in [-0.25, -0.2) is 4.98 Å². The van der Waals surface area contributed by atoms with Crippen molar-refractivity contribution in [3.63, 3.8) is 0 Å². The molecule has 3 heterocycles. The maximum Gasteiger partial charge on any atom is 0.270 e. The Morgan fingerprint density at radius 1 is 1.41 bits per heavy atom. The van der Waals surface area contributed by atoms with Gasteiger partial charge in [0.1, 0.15) is 17.3 Å². The van der Waals surface area contributed by atoms with Crippen molar-refractivity contribution >= 4 is 28.9 Å². The summed E-state index contributed by atoms with van der Waals surface area (Å²) in [5.74, 6) is 0.833. The molecule has 0 spiro atoms. The van der Waals surface area contributed by atoms with Crippen LogP contribution in [0, 0.1) is 17.2 Å². The van der Waals surface area contributed by atoms with E-state index in [0.29, 0.717) is 35.5 Å². The predicted octanol–water partition coefficient (Wildman–Crippen LogP) is 0.990. The summed E-state index contributed by atoms with van der Waals surface area (Å²) in [5.41, 5.74) is 1.56. The number of hydrogen-bond acceptors (Lipinski definition) is 7. The Bertz CT molecular complexity index is 1000. The van der Waals surface area contributed by atoms with Crippen LogP contribution in [0.3, 0.4) is 0 Å². The predicted molar refractivity (Wildman–Crippen MR) is 117 cm³/mol. The molecular formula is C19H28N6O3S. The number of anilines is 1. The van der Waals surface area contributed by atoms with E-state index in [1.54, 1.807) is 28.8 Å². The second-order valence-corrected chi connectivity index (χ2v) is 8.03. The van der Waals surface area contributed by atoms with E-state index in [1.807, 2.05) is 6.07 Å². The molecule has 1 unspecified atom stereocenters. The van der Waals surface area contributed by atoms with Crippen molar-refractivity contribution in [2.24, 2.45) is 5.92 Å². The van der Waals surface area contributed by atoms with Gasteiger partial charge in [0.25, 0.3) is 5.56 Å². The summed E-state index contributed by atoms with van der Waals surface area (Å²) in [4.78, 5) is 21.7. The number of allylic oxidation sites excluding steroid dienone is 1. The molecule has 2 aromatic heterocycles. The highest BCUT2D eigenvalue weighted by atomic mass is 32.2. The number of piperidine rings is 1. The number of nitrogens with zero attached hydrogens (tertiary/aromatic N) is 5. The van der Waals surface area contributed by atoms with Crippen LogP contribution in [0.1, 0.15) is 26.3 Å². The highest BCUT2D eigenvalue weighted by Gasteiger charge is 2.29. The first kappa shape index (κ1) is 22.8. The first-order valence-electron chi connectivity index (χ1n) is 9.13. The summed E-state index contributed by atoms with van der Waals surface area (Å²) in [6.45, 7) is 6.56. The van der Waals surface area contributed by atoms with E-state index < -0.39 is 0 Å². The largest absolute Gasteiger partial charge is 0.412 e. The molecule has 1 saturated carbocycles. The molecule has 4 rings (SSSR count). The molecule has 1 aliphatic carbocycles. The van der Waals surface area contributed by atoms with Crippen LogP contribution < -0.4 is 10.9 Å². The minimum Gasteiger partial charge on any atom is -0.412 e.